The lowest BCUT2D eigenvalue weighted by Crippen LogP contribution is -2.30. The number of nitrogens with zero attached hydrogens (tertiary/aromatic N) is 4. The number of fused-ring (bicyclic) bond motifs is 1. The van der Waals surface area contributed by atoms with E-state index < -0.39 is 10.0 Å². The highest BCUT2D eigenvalue weighted by Crippen LogP contribution is 2.33. The molecule has 2 heterocycles. The molecule has 0 spiro atoms. The molecule has 188 valence electrons. The summed E-state index contributed by atoms with van der Waals surface area (Å²) in [6.45, 7) is 2.73. The molecule has 4 rings (SSSR count). The zero-order valence-corrected chi connectivity index (χ0v) is 22.1. The van der Waals surface area contributed by atoms with Gasteiger partial charge < -0.3 is 4.74 Å². The van der Waals surface area contributed by atoms with Gasteiger partial charge >= 0.3 is 0 Å². The smallest absolute Gasteiger partial charge is 0.260 e. The summed E-state index contributed by atoms with van der Waals surface area (Å²) in [5, 5.41) is 0.531. The minimum Gasteiger partial charge on any atom is -0.497 e. The van der Waals surface area contributed by atoms with Crippen LogP contribution in [0, 0.1) is 0 Å². The number of hydrogen-bond acceptors (Lipinski definition) is 7. The highest BCUT2D eigenvalue weighted by Gasteiger charge is 2.24. The Hall–Kier alpha value is -3.34. The van der Waals surface area contributed by atoms with Crippen molar-refractivity contribution in [1.29, 1.82) is 0 Å². The van der Waals surface area contributed by atoms with Gasteiger partial charge in [0, 0.05) is 37.6 Å². The molecule has 0 atom stereocenters. The molecule has 0 N–H and O–H groups in total. The van der Waals surface area contributed by atoms with Gasteiger partial charge in [-0.15, -0.1) is 0 Å². The van der Waals surface area contributed by atoms with Gasteiger partial charge in [-0.2, -0.15) is 0 Å². The lowest BCUT2D eigenvalue weighted by atomic mass is 10.2. The van der Waals surface area contributed by atoms with Crippen LogP contribution in [0.15, 0.2) is 71.9 Å². The van der Waals surface area contributed by atoms with Crippen LogP contribution in [0.5, 0.6) is 5.75 Å². The van der Waals surface area contributed by atoms with Crippen LogP contribution in [0.3, 0.4) is 0 Å². The van der Waals surface area contributed by atoms with Gasteiger partial charge in [0.1, 0.15) is 5.75 Å². The Kier molecular flexibility index (Phi) is 7.97. The van der Waals surface area contributed by atoms with Gasteiger partial charge in [-0.05, 0) is 54.4 Å². The number of methoxy groups -OCH3 is 1. The number of pyridine rings is 1. The van der Waals surface area contributed by atoms with E-state index in [1.54, 1.807) is 43.6 Å². The number of anilines is 1. The van der Waals surface area contributed by atoms with Crippen molar-refractivity contribution in [2.75, 3.05) is 25.6 Å². The maximum absolute atomic E-state index is 13.7. The van der Waals surface area contributed by atoms with Crippen LogP contribution in [0.2, 0.25) is 0 Å². The molecule has 36 heavy (non-hydrogen) atoms. The van der Waals surface area contributed by atoms with E-state index in [9.17, 15) is 13.2 Å². The van der Waals surface area contributed by atoms with Gasteiger partial charge in [-0.1, -0.05) is 30.7 Å². The van der Waals surface area contributed by atoms with Crippen molar-refractivity contribution in [3.63, 3.8) is 0 Å². The third kappa shape index (κ3) is 5.56. The predicted octanol–water partition coefficient (Wildman–Crippen LogP) is 4.97. The van der Waals surface area contributed by atoms with Crippen LogP contribution >= 0.6 is 11.3 Å². The van der Waals surface area contributed by atoms with E-state index in [1.165, 1.54) is 27.8 Å². The Labute approximate surface area is 215 Å². The molecule has 0 radical (unpaired) electrons. The zero-order valence-electron chi connectivity index (χ0n) is 20.4. The Morgan fingerprint density at radius 1 is 1.11 bits per heavy atom. The fourth-order valence-corrected chi connectivity index (χ4v) is 5.80. The number of rotatable bonds is 10. The van der Waals surface area contributed by atoms with E-state index in [2.05, 4.69) is 4.98 Å². The number of hydrogen-bond donors (Lipinski definition) is 0. The van der Waals surface area contributed by atoms with Crippen LogP contribution in [0.25, 0.3) is 10.2 Å². The summed E-state index contributed by atoms with van der Waals surface area (Å²) in [6.07, 6.45) is 5.07. The molecule has 0 aliphatic carbocycles. The average molecular weight is 525 g/mol. The maximum atomic E-state index is 13.7. The molecule has 2 aromatic heterocycles. The minimum atomic E-state index is -3.62. The van der Waals surface area contributed by atoms with Crippen LogP contribution < -0.4 is 9.64 Å². The number of amides is 1. The SMILES string of the molecule is CCCCN(C)S(=O)(=O)c1ccc(C(=O)N(Cc2cccnc2)c2nc3cc(OC)ccc3s2)cc1. The number of thiazole rings is 1. The van der Waals surface area contributed by atoms with Crippen molar-refractivity contribution < 1.29 is 17.9 Å². The number of benzene rings is 2. The van der Waals surface area contributed by atoms with Crippen molar-refractivity contribution in [2.45, 2.75) is 31.2 Å². The van der Waals surface area contributed by atoms with Crippen LogP contribution in [0.1, 0.15) is 35.7 Å². The number of carbonyl (C=O) groups excluding carboxylic acids is 1. The lowest BCUT2D eigenvalue weighted by Gasteiger charge is -2.20. The monoisotopic (exact) mass is 524 g/mol. The normalized spacial score (nSPS) is 11.7. The lowest BCUT2D eigenvalue weighted by molar-refractivity contribution is 0.0985. The van der Waals surface area contributed by atoms with Gasteiger partial charge in [0.2, 0.25) is 10.0 Å². The van der Waals surface area contributed by atoms with Crippen molar-refractivity contribution >= 4 is 42.6 Å². The van der Waals surface area contributed by atoms with Crippen LogP contribution in [0.4, 0.5) is 5.13 Å². The molecule has 0 unspecified atom stereocenters. The Bertz CT molecular complexity index is 1440. The minimum absolute atomic E-state index is 0.156. The first-order valence-electron chi connectivity index (χ1n) is 11.5. The van der Waals surface area contributed by atoms with E-state index in [0.29, 0.717) is 23.0 Å². The van der Waals surface area contributed by atoms with Gasteiger partial charge in [-0.3, -0.25) is 14.7 Å². The summed E-state index contributed by atoms with van der Waals surface area (Å²) in [6, 6.07) is 15.4. The van der Waals surface area contributed by atoms with E-state index in [4.69, 9.17) is 9.72 Å². The first-order valence-corrected chi connectivity index (χ1v) is 13.8. The summed E-state index contributed by atoms with van der Waals surface area (Å²) < 4.78 is 33.3. The Morgan fingerprint density at radius 3 is 2.56 bits per heavy atom. The summed E-state index contributed by atoms with van der Waals surface area (Å²) in [5.74, 6) is 0.401. The van der Waals surface area contributed by atoms with Crippen LogP contribution in [-0.2, 0) is 16.6 Å². The largest absolute Gasteiger partial charge is 0.497 e. The Morgan fingerprint density at radius 2 is 1.89 bits per heavy atom. The topological polar surface area (TPSA) is 92.7 Å². The number of unbranched alkanes of at least 4 members (excludes halogenated alkanes) is 1. The van der Waals surface area contributed by atoms with Crippen molar-refractivity contribution in [3.8, 4) is 5.75 Å². The second-order valence-electron chi connectivity index (χ2n) is 8.29. The molecule has 0 aliphatic heterocycles. The Balaban J connectivity index is 1.66. The van der Waals surface area contributed by atoms with Crippen LogP contribution in [-0.4, -0.2) is 49.3 Å². The number of aromatic nitrogens is 2. The zero-order chi connectivity index (χ0) is 25.7. The van der Waals surface area contributed by atoms with Gasteiger partial charge in [0.15, 0.2) is 5.13 Å². The summed E-state index contributed by atoms with van der Waals surface area (Å²) in [7, 11) is -0.454. The second kappa shape index (κ2) is 11.2. The highest BCUT2D eigenvalue weighted by atomic mass is 32.2. The first kappa shape index (κ1) is 25.7. The number of ether oxygens (including phenoxy) is 1. The summed E-state index contributed by atoms with van der Waals surface area (Å²) in [4.78, 5) is 24.3. The van der Waals surface area contributed by atoms with Crippen molar-refractivity contribution in [1.82, 2.24) is 14.3 Å². The van der Waals surface area contributed by atoms with Gasteiger partial charge in [0.25, 0.3) is 5.91 Å². The van der Waals surface area contributed by atoms with E-state index in [1.807, 2.05) is 37.3 Å². The standard InChI is InChI=1S/C26H28N4O4S2/c1-4-5-15-29(2)36(32,33)22-11-8-20(9-12-22)25(31)30(18-19-7-6-14-27-17-19)26-28-23-16-21(34-3)10-13-24(23)35-26/h6-14,16-17H,4-5,15,18H2,1-3H3. The molecule has 10 heteroatoms. The number of sulfonamides is 1. The van der Waals surface area contributed by atoms with E-state index in [-0.39, 0.29) is 17.3 Å². The number of carbonyl (C=O) groups is 1. The molecule has 0 saturated heterocycles. The van der Waals surface area contributed by atoms with E-state index in [0.717, 1.165) is 28.6 Å². The average Bonchev–Trinajstić information content (AvgIpc) is 3.33. The molecule has 1 amide bonds. The fraction of sp³-hybridized carbons (Fsp3) is 0.269. The van der Waals surface area contributed by atoms with E-state index >= 15 is 0 Å². The third-order valence-corrected chi connectivity index (χ3v) is 8.69. The molecule has 4 aromatic rings. The molecule has 0 bridgehead atoms. The first-order chi connectivity index (χ1) is 17.3. The van der Waals surface area contributed by atoms with Gasteiger partial charge in [0.05, 0.1) is 28.8 Å². The highest BCUT2D eigenvalue weighted by molar-refractivity contribution is 7.89. The van der Waals surface area contributed by atoms with Gasteiger partial charge in [-0.25, -0.2) is 17.7 Å². The van der Waals surface area contributed by atoms with Crippen molar-refractivity contribution in [3.05, 3.63) is 78.1 Å². The molecule has 0 aliphatic rings. The quantitative estimate of drug-likeness (QED) is 0.291. The fourth-order valence-electron chi connectivity index (χ4n) is 3.64. The molecule has 0 saturated carbocycles. The molecule has 8 nitrogen and oxygen atoms in total. The molecule has 0 fully saturated rings. The maximum Gasteiger partial charge on any atom is 0.260 e. The second-order valence-corrected chi connectivity index (χ2v) is 11.3. The molecule has 2 aromatic carbocycles. The third-order valence-electron chi connectivity index (χ3n) is 5.76. The summed E-state index contributed by atoms with van der Waals surface area (Å²) in [5.41, 5.74) is 1.94. The predicted molar refractivity (Wildman–Crippen MR) is 142 cm³/mol. The molecular weight excluding hydrogens is 496 g/mol. The van der Waals surface area contributed by atoms with Crippen molar-refractivity contribution in [2.24, 2.45) is 0 Å². The molecular formula is C26H28N4O4S2. The summed E-state index contributed by atoms with van der Waals surface area (Å²) >= 11 is 1.40.